The first-order valence-electron chi connectivity index (χ1n) is 3.22. The summed E-state index contributed by atoms with van der Waals surface area (Å²) < 4.78 is 0.725. The van der Waals surface area contributed by atoms with Gasteiger partial charge in [-0.1, -0.05) is 0 Å². The van der Waals surface area contributed by atoms with Crippen molar-refractivity contribution in [3.63, 3.8) is 0 Å². The molecule has 5 heteroatoms. The molecule has 0 spiro atoms. The number of aliphatic hydroxyl groups excluding tert-OH is 1. The molecule has 0 aromatic carbocycles. The molecule has 1 aromatic rings. The highest BCUT2D eigenvalue weighted by molar-refractivity contribution is 9.10. The van der Waals surface area contributed by atoms with Gasteiger partial charge in [-0.3, -0.25) is 0 Å². The SMILES string of the molecule is NCCC(O)c1scnc1Br. The van der Waals surface area contributed by atoms with Gasteiger partial charge in [0.1, 0.15) is 4.60 Å². The Morgan fingerprint density at radius 2 is 2.55 bits per heavy atom. The highest BCUT2D eigenvalue weighted by Gasteiger charge is 2.12. The van der Waals surface area contributed by atoms with Gasteiger partial charge in [0.15, 0.2) is 0 Å². The molecule has 3 N–H and O–H groups in total. The predicted molar refractivity (Wildman–Crippen MR) is 48.4 cm³/mol. The molecule has 0 bridgehead atoms. The van der Waals surface area contributed by atoms with E-state index in [0.717, 1.165) is 9.48 Å². The van der Waals surface area contributed by atoms with E-state index in [-0.39, 0.29) is 0 Å². The van der Waals surface area contributed by atoms with Crippen LogP contribution in [0.25, 0.3) is 0 Å². The quantitative estimate of drug-likeness (QED) is 0.832. The number of aliphatic hydroxyl groups is 1. The predicted octanol–water partition coefficient (Wildman–Crippen LogP) is 1.29. The lowest BCUT2D eigenvalue weighted by Crippen LogP contribution is -2.05. The highest BCUT2D eigenvalue weighted by atomic mass is 79.9. The largest absolute Gasteiger partial charge is 0.387 e. The summed E-state index contributed by atoms with van der Waals surface area (Å²) in [5, 5.41) is 9.45. The van der Waals surface area contributed by atoms with Gasteiger partial charge < -0.3 is 10.8 Å². The Kier molecular flexibility index (Phi) is 3.45. The number of nitrogens with zero attached hydrogens (tertiary/aromatic N) is 1. The molecule has 0 saturated heterocycles. The second kappa shape index (κ2) is 4.15. The van der Waals surface area contributed by atoms with Crippen molar-refractivity contribution in [3.05, 3.63) is 15.0 Å². The molecule has 0 aliphatic heterocycles. The molecule has 0 aliphatic rings. The summed E-state index contributed by atoms with van der Waals surface area (Å²) in [5.74, 6) is 0. The summed E-state index contributed by atoms with van der Waals surface area (Å²) in [5.41, 5.74) is 6.99. The molecule has 1 atom stereocenters. The first-order chi connectivity index (χ1) is 5.25. The summed E-state index contributed by atoms with van der Waals surface area (Å²) in [7, 11) is 0. The van der Waals surface area contributed by atoms with Crippen LogP contribution in [-0.2, 0) is 0 Å². The fourth-order valence-electron chi connectivity index (χ4n) is 0.747. The third-order valence-electron chi connectivity index (χ3n) is 1.29. The average Bonchev–Trinajstić information content (AvgIpc) is 2.36. The van der Waals surface area contributed by atoms with Crippen LogP contribution in [0.15, 0.2) is 10.1 Å². The monoisotopic (exact) mass is 236 g/mol. The molecule has 11 heavy (non-hydrogen) atoms. The molecule has 1 aromatic heterocycles. The van der Waals surface area contributed by atoms with Crippen LogP contribution in [0.2, 0.25) is 0 Å². The molecule has 0 saturated carbocycles. The Morgan fingerprint density at radius 1 is 1.82 bits per heavy atom. The second-order valence-electron chi connectivity index (χ2n) is 2.10. The summed E-state index contributed by atoms with van der Waals surface area (Å²) in [6.07, 6.45) is 0.114. The van der Waals surface area contributed by atoms with Crippen LogP contribution < -0.4 is 5.73 Å². The second-order valence-corrected chi connectivity index (χ2v) is 3.74. The van der Waals surface area contributed by atoms with Crippen LogP contribution in [0.3, 0.4) is 0 Å². The Morgan fingerprint density at radius 3 is 3.00 bits per heavy atom. The van der Waals surface area contributed by atoms with Crippen LogP contribution in [-0.4, -0.2) is 16.6 Å². The van der Waals surface area contributed by atoms with Crippen molar-refractivity contribution in [3.8, 4) is 0 Å². The number of aromatic nitrogens is 1. The van der Waals surface area contributed by atoms with E-state index in [0.29, 0.717) is 13.0 Å². The van der Waals surface area contributed by atoms with Gasteiger partial charge in [0.05, 0.1) is 16.5 Å². The van der Waals surface area contributed by atoms with Gasteiger partial charge in [-0.15, -0.1) is 11.3 Å². The van der Waals surface area contributed by atoms with E-state index >= 15 is 0 Å². The van der Waals surface area contributed by atoms with Gasteiger partial charge in [-0.05, 0) is 28.9 Å². The molecule has 62 valence electrons. The number of halogens is 1. The van der Waals surface area contributed by atoms with E-state index in [4.69, 9.17) is 5.73 Å². The highest BCUT2D eigenvalue weighted by Crippen LogP contribution is 2.27. The third-order valence-corrected chi connectivity index (χ3v) is 3.12. The van der Waals surface area contributed by atoms with E-state index in [9.17, 15) is 5.11 Å². The maximum Gasteiger partial charge on any atom is 0.122 e. The van der Waals surface area contributed by atoms with E-state index < -0.39 is 6.10 Å². The minimum Gasteiger partial charge on any atom is -0.387 e. The molecule has 1 rings (SSSR count). The van der Waals surface area contributed by atoms with Gasteiger partial charge in [-0.25, -0.2) is 4.98 Å². The topological polar surface area (TPSA) is 59.1 Å². The molecule has 0 fully saturated rings. The van der Waals surface area contributed by atoms with Gasteiger partial charge in [0, 0.05) is 0 Å². The van der Waals surface area contributed by atoms with E-state index in [1.807, 2.05) is 0 Å². The molecule has 0 aliphatic carbocycles. The zero-order valence-electron chi connectivity index (χ0n) is 5.83. The van der Waals surface area contributed by atoms with Crippen molar-refractivity contribution in [2.45, 2.75) is 12.5 Å². The standard InChI is InChI=1S/C6H9BrN2OS/c7-6-5(11-3-9-6)4(10)1-2-8/h3-4,10H,1-2,8H2. The van der Waals surface area contributed by atoms with Crippen LogP contribution >= 0.6 is 27.3 Å². The molecule has 0 radical (unpaired) electrons. The number of nitrogens with two attached hydrogens (primary N) is 1. The Labute approximate surface area is 77.4 Å². The summed E-state index contributed by atoms with van der Waals surface area (Å²) in [6.45, 7) is 0.492. The Bertz CT molecular complexity index is 228. The number of thiazole rings is 1. The summed E-state index contributed by atoms with van der Waals surface area (Å²) in [6, 6.07) is 0. The fourth-order valence-corrected chi connectivity index (χ4v) is 2.23. The van der Waals surface area contributed by atoms with Gasteiger partial charge in [0.2, 0.25) is 0 Å². The Balaban J connectivity index is 2.67. The first kappa shape index (κ1) is 9.12. The van der Waals surface area contributed by atoms with E-state index in [2.05, 4.69) is 20.9 Å². The van der Waals surface area contributed by atoms with Gasteiger partial charge >= 0.3 is 0 Å². The molecule has 1 heterocycles. The third kappa shape index (κ3) is 2.23. The normalized spacial score (nSPS) is 13.4. The maximum atomic E-state index is 9.45. The summed E-state index contributed by atoms with van der Waals surface area (Å²) >= 11 is 4.67. The lowest BCUT2D eigenvalue weighted by Gasteiger charge is -2.05. The van der Waals surface area contributed by atoms with Crippen molar-refractivity contribution >= 4 is 27.3 Å². The van der Waals surface area contributed by atoms with Crippen LogP contribution in [0.1, 0.15) is 17.4 Å². The molecular formula is C6H9BrN2OS. The van der Waals surface area contributed by atoms with Crippen molar-refractivity contribution in [2.24, 2.45) is 5.73 Å². The van der Waals surface area contributed by atoms with Gasteiger partial charge in [-0.2, -0.15) is 0 Å². The van der Waals surface area contributed by atoms with Crippen LogP contribution in [0, 0.1) is 0 Å². The first-order valence-corrected chi connectivity index (χ1v) is 4.90. The van der Waals surface area contributed by atoms with Crippen molar-refractivity contribution in [2.75, 3.05) is 6.54 Å². The number of hydrogen-bond acceptors (Lipinski definition) is 4. The minimum absolute atomic E-state index is 0.470. The zero-order chi connectivity index (χ0) is 8.27. The maximum absolute atomic E-state index is 9.45. The molecule has 3 nitrogen and oxygen atoms in total. The van der Waals surface area contributed by atoms with Crippen LogP contribution in [0.4, 0.5) is 0 Å². The van der Waals surface area contributed by atoms with Gasteiger partial charge in [0.25, 0.3) is 0 Å². The molecule has 1 unspecified atom stereocenters. The fraction of sp³-hybridized carbons (Fsp3) is 0.500. The number of hydrogen-bond donors (Lipinski definition) is 2. The average molecular weight is 237 g/mol. The van der Waals surface area contributed by atoms with E-state index in [1.54, 1.807) is 5.51 Å². The molecule has 0 amide bonds. The smallest absolute Gasteiger partial charge is 0.122 e. The molecular weight excluding hydrogens is 228 g/mol. The van der Waals surface area contributed by atoms with Crippen molar-refractivity contribution < 1.29 is 5.11 Å². The summed E-state index contributed by atoms with van der Waals surface area (Å²) in [4.78, 5) is 4.81. The van der Waals surface area contributed by atoms with Crippen molar-refractivity contribution in [1.82, 2.24) is 4.98 Å². The lowest BCUT2D eigenvalue weighted by atomic mass is 10.2. The Hall–Kier alpha value is 0.0300. The zero-order valence-corrected chi connectivity index (χ0v) is 8.23. The number of rotatable bonds is 3. The lowest BCUT2D eigenvalue weighted by molar-refractivity contribution is 0.173. The van der Waals surface area contributed by atoms with E-state index in [1.165, 1.54) is 11.3 Å². The minimum atomic E-state index is -0.470. The van der Waals surface area contributed by atoms with Crippen molar-refractivity contribution in [1.29, 1.82) is 0 Å². The van der Waals surface area contributed by atoms with Crippen LogP contribution in [0.5, 0.6) is 0 Å².